The Morgan fingerprint density at radius 3 is 3.00 bits per heavy atom. The van der Waals surface area contributed by atoms with Crippen molar-refractivity contribution in [3.63, 3.8) is 0 Å². The monoisotopic (exact) mass is 311 g/mol. The summed E-state index contributed by atoms with van der Waals surface area (Å²) in [4.78, 5) is 12.0. The quantitative estimate of drug-likeness (QED) is 0.841. The van der Waals surface area contributed by atoms with Crippen LogP contribution in [0.1, 0.15) is 0 Å². The van der Waals surface area contributed by atoms with Gasteiger partial charge in [-0.05, 0) is 36.4 Å². The molecular weight excluding hydrogens is 302 g/mol. The van der Waals surface area contributed by atoms with E-state index in [1.165, 1.54) is 28.0 Å². The molecule has 0 bridgehead atoms. The number of benzene rings is 1. The highest BCUT2D eigenvalue weighted by molar-refractivity contribution is 8.16. The van der Waals surface area contributed by atoms with Gasteiger partial charge >= 0.3 is 6.03 Å². The number of hydrogen-bond acceptors (Lipinski definition) is 4. The van der Waals surface area contributed by atoms with Gasteiger partial charge in [-0.3, -0.25) is 0 Å². The Bertz CT molecular complexity index is 570. The number of urea groups is 1. The fraction of sp³-hybridized carbons (Fsp3) is 0.167. The summed E-state index contributed by atoms with van der Waals surface area (Å²) in [5.74, 6) is 0. The van der Waals surface area contributed by atoms with Crippen molar-refractivity contribution in [2.24, 2.45) is 0 Å². The number of carbonyl (C=O) groups is 1. The average molecular weight is 312 g/mol. The number of thioether (sulfide) groups is 1. The summed E-state index contributed by atoms with van der Waals surface area (Å²) in [7, 11) is 0. The zero-order chi connectivity index (χ0) is 13.8. The molecule has 98 valence electrons. The van der Waals surface area contributed by atoms with Gasteiger partial charge in [-0.2, -0.15) is 5.26 Å². The largest absolute Gasteiger partial charge is 0.336 e. The molecule has 19 heavy (non-hydrogen) atoms. The molecule has 1 aliphatic heterocycles. The number of nitrogens with zero attached hydrogens (tertiary/aromatic N) is 2. The molecule has 0 spiro atoms. The van der Waals surface area contributed by atoms with E-state index in [2.05, 4.69) is 11.4 Å². The maximum atomic E-state index is 12.0. The topological polar surface area (TPSA) is 56.1 Å². The second kappa shape index (κ2) is 6.24. The van der Waals surface area contributed by atoms with Crippen LogP contribution < -0.4 is 5.32 Å². The molecule has 1 N–H and O–H groups in total. The Balaban J connectivity index is 2.06. The number of anilines is 1. The van der Waals surface area contributed by atoms with E-state index in [0.29, 0.717) is 16.3 Å². The minimum atomic E-state index is -0.295. The molecule has 1 aromatic carbocycles. The Hall–Kier alpha value is -1.29. The molecule has 1 heterocycles. The molecule has 2 rings (SSSR count). The van der Waals surface area contributed by atoms with Crippen molar-refractivity contribution in [3.05, 3.63) is 41.1 Å². The lowest BCUT2D eigenvalue weighted by Gasteiger charge is -2.14. The van der Waals surface area contributed by atoms with Crippen LogP contribution in [0.5, 0.6) is 0 Å². The van der Waals surface area contributed by atoms with Gasteiger partial charge in [-0.25, -0.2) is 9.10 Å². The molecule has 7 heteroatoms. The van der Waals surface area contributed by atoms with Crippen LogP contribution in [0.4, 0.5) is 10.5 Å². The van der Waals surface area contributed by atoms with Gasteiger partial charge in [-0.15, -0.1) is 11.8 Å². The van der Waals surface area contributed by atoms with E-state index in [-0.39, 0.29) is 10.6 Å². The Kier molecular flexibility index (Phi) is 4.64. The van der Waals surface area contributed by atoms with Crippen LogP contribution >= 0.6 is 35.3 Å². The summed E-state index contributed by atoms with van der Waals surface area (Å²) in [6, 6.07) is 8.72. The Morgan fingerprint density at radius 1 is 1.63 bits per heavy atom. The van der Waals surface area contributed by atoms with Crippen molar-refractivity contribution < 1.29 is 4.79 Å². The van der Waals surface area contributed by atoms with E-state index in [9.17, 15) is 4.79 Å². The standard InChI is InChI=1S/C12H10ClN3OS2/c1-18-11-8(6-14)7-16(19-11)12(17)15-10-4-2-3-9(13)5-10/h2-5,7,11H,1H3,(H,15,17). The summed E-state index contributed by atoms with van der Waals surface area (Å²) in [5.41, 5.74) is 1.20. The first-order valence-corrected chi connectivity index (χ1v) is 7.81. The molecular formula is C12H10ClN3OS2. The van der Waals surface area contributed by atoms with Crippen molar-refractivity contribution >= 4 is 47.0 Å². The lowest BCUT2D eigenvalue weighted by molar-refractivity contribution is 0.245. The summed E-state index contributed by atoms with van der Waals surface area (Å²) in [6.45, 7) is 0. The van der Waals surface area contributed by atoms with Crippen LogP contribution in [-0.4, -0.2) is 21.2 Å². The summed E-state index contributed by atoms with van der Waals surface area (Å²) >= 11 is 8.69. The van der Waals surface area contributed by atoms with Gasteiger partial charge in [0.15, 0.2) is 0 Å². The van der Waals surface area contributed by atoms with Crippen molar-refractivity contribution in [1.29, 1.82) is 5.26 Å². The highest BCUT2D eigenvalue weighted by atomic mass is 35.5. The van der Waals surface area contributed by atoms with Gasteiger partial charge in [0.25, 0.3) is 0 Å². The molecule has 0 saturated heterocycles. The minimum Gasteiger partial charge on any atom is -0.307 e. The van der Waals surface area contributed by atoms with E-state index in [1.807, 2.05) is 6.26 Å². The molecule has 0 fully saturated rings. The third kappa shape index (κ3) is 3.38. The molecule has 0 radical (unpaired) electrons. The van der Waals surface area contributed by atoms with Crippen LogP contribution in [0.25, 0.3) is 0 Å². The first-order valence-electron chi connectivity index (χ1n) is 5.31. The van der Waals surface area contributed by atoms with Crippen LogP contribution in [0.2, 0.25) is 5.02 Å². The smallest absolute Gasteiger partial charge is 0.307 e. The van der Waals surface area contributed by atoms with Gasteiger partial charge in [0.2, 0.25) is 0 Å². The summed E-state index contributed by atoms with van der Waals surface area (Å²) < 4.78 is 1.40. The number of nitriles is 1. The summed E-state index contributed by atoms with van der Waals surface area (Å²) in [6.07, 6.45) is 3.47. The second-order valence-electron chi connectivity index (χ2n) is 3.64. The first kappa shape index (κ1) is 14.1. The zero-order valence-electron chi connectivity index (χ0n) is 9.96. The van der Waals surface area contributed by atoms with Crippen LogP contribution in [0.15, 0.2) is 36.0 Å². The maximum absolute atomic E-state index is 12.0. The third-order valence-corrected chi connectivity index (χ3v) is 5.04. The predicted octanol–water partition coefficient (Wildman–Crippen LogP) is 3.93. The zero-order valence-corrected chi connectivity index (χ0v) is 12.4. The lowest BCUT2D eigenvalue weighted by atomic mass is 10.3. The normalized spacial score (nSPS) is 17.8. The number of halogens is 1. The Labute approximate surface area is 124 Å². The van der Waals surface area contributed by atoms with Crippen LogP contribution in [0.3, 0.4) is 0 Å². The first-order chi connectivity index (χ1) is 9.13. The fourth-order valence-corrected chi connectivity index (χ4v) is 3.41. The minimum absolute atomic E-state index is 0.0323. The third-order valence-electron chi connectivity index (χ3n) is 2.34. The molecule has 0 aliphatic carbocycles. The number of rotatable bonds is 2. The van der Waals surface area contributed by atoms with E-state index in [1.54, 1.807) is 30.5 Å². The average Bonchev–Trinajstić information content (AvgIpc) is 2.82. The molecule has 2 amide bonds. The molecule has 1 atom stereocenters. The Morgan fingerprint density at radius 2 is 2.42 bits per heavy atom. The predicted molar refractivity (Wildman–Crippen MR) is 80.9 cm³/mol. The highest BCUT2D eigenvalue weighted by Crippen LogP contribution is 2.38. The molecule has 1 aromatic rings. The second-order valence-corrected chi connectivity index (χ2v) is 6.39. The van der Waals surface area contributed by atoms with Crippen molar-refractivity contribution in [2.45, 2.75) is 4.58 Å². The van der Waals surface area contributed by atoms with Crippen molar-refractivity contribution in [1.82, 2.24) is 4.31 Å². The van der Waals surface area contributed by atoms with Crippen molar-refractivity contribution in [3.8, 4) is 6.07 Å². The SMILES string of the molecule is CSC1SN(C(=O)Nc2cccc(Cl)c2)C=C1C#N. The highest BCUT2D eigenvalue weighted by Gasteiger charge is 2.28. The van der Waals surface area contributed by atoms with Crippen LogP contribution in [0, 0.1) is 11.3 Å². The fourth-order valence-electron chi connectivity index (χ4n) is 1.48. The van der Waals surface area contributed by atoms with Crippen molar-refractivity contribution in [2.75, 3.05) is 11.6 Å². The maximum Gasteiger partial charge on any atom is 0.336 e. The number of carbonyl (C=O) groups excluding carboxylic acids is 1. The molecule has 1 unspecified atom stereocenters. The van der Waals surface area contributed by atoms with Gasteiger partial charge < -0.3 is 5.32 Å². The van der Waals surface area contributed by atoms with Crippen LogP contribution in [-0.2, 0) is 0 Å². The molecule has 0 saturated carbocycles. The molecule has 4 nitrogen and oxygen atoms in total. The van der Waals surface area contributed by atoms with E-state index in [4.69, 9.17) is 16.9 Å². The van der Waals surface area contributed by atoms with E-state index < -0.39 is 0 Å². The number of hydrogen-bond donors (Lipinski definition) is 1. The van der Waals surface area contributed by atoms with Gasteiger partial charge in [0.1, 0.15) is 4.58 Å². The van der Waals surface area contributed by atoms with Gasteiger partial charge in [-0.1, -0.05) is 17.7 Å². The number of nitrogens with one attached hydrogen (secondary N) is 1. The molecule has 0 aromatic heterocycles. The van der Waals surface area contributed by atoms with E-state index >= 15 is 0 Å². The lowest BCUT2D eigenvalue weighted by Crippen LogP contribution is -2.23. The van der Waals surface area contributed by atoms with E-state index in [0.717, 1.165) is 0 Å². The summed E-state index contributed by atoms with van der Waals surface area (Å²) in [5, 5.41) is 12.3. The van der Waals surface area contributed by atoms with Gasteiger partial charge in [0, 0.05) is 16.9 Å². The number of amides is 2. The molecule has 1 aliphatic rings. The van der Waals surface area contributed by atoms with Gasteiger partial charge in [0.05, 0.1) is 11.6 Å².